The number of methoxy groups -OCH3 is 1. The molecule has 4 N–H and O–H groups in total. The minimum absolute atomic E-state index is 0.0687. The number of rotatable bonds is 5. The molecule has 0 bridgehead atoms. The van der Waals surface area contributed by atoms with Crippen LogP contribution < -0.4 is 5.73 Å². The van der Waals surface area contributed by atoms with Gasteiger partial charge in [-0.05, 0) is 35.9 Å². The van der Waals surface area contributed by atoms with E-state index in [-0.39, 0.29) is 5.88 Å². The standard InChI is InChI=1S/C23H21N3O2/c1-28-14-15-7-10-18(11-8-15)25-22(16-5-3-2-4-6-16)21-19-13-17(24)9-12-20(19)26-23(21)27/h2-13,26-27H,14,24H2,1H3. The molecule has 0 atom stereocenters. The molecule has 28 heavy (non-hydrogen) atoms. The summed E-state index contributed by atoms with van der Waals surface area (Å²) in [4.78, 5) is 7.89. The molecule has 0 saturated heterocycles. The van der Waals surface area contributed by atoms with Crippen LogP contribution in [0.25, 0.3) is 10.9 Å². The van der Waals surface area contributed by atoms with E-state index < -0.39 is 0 Å². The normalized spacial score (nSPS) is 11.8. The molecule has 0 saturated carbocycles. The lowest BCUT2D eigenvalue weighted by Gasteiger charge is -2.08. The largest absolute Gasteiger partial charge is 0.494 e. The van der Waals surface area contributed by atoms with Gasteiger partial charge in [0.1, 0.15) is 0 Å². The van der Waals surface area contributed by atoms with E-state index in [1.165, 1.54) is 0 Å². The molecule has 0 aliphatic rings. The number of hydrogen-bond acceptors (Lipinski definition) is 4. The number of aromatic amines is 1. The summed E-state index contributed by atoms with van der Waals surface area (Å²) in [5.74, 6) is 0.0687. The van der Waals surface area contributed by atoms with Crippen molar-refractivity contribution < 1.29 is 9.84 Å². The van der Waals surface area contributed by atoms with Crippen LogP contribution >= 0.6 is 0 Å². The second kappa shape index (κ2) is 7.58. The Hall–Kier alpha value is -3.57. The predicted molar refractivity (Wildman–Crippen MR) is 113 cm³/mol. The number of aromatic nitrogens is 1. The average molecular weight is 371 g/mol. The van der Waals surface area contributed by atoms with E-state index in [1.807, 2.05) is 66.7 Å². The molecule has 0 aliphatic carbocycles. The third kappa shape index (κ3) is 3.48. The van der Waals surface area contributed by atoms with E-state index in [2.05, 4.69) is 4.98 Å². The van der Waals surface area contributed by atoms with Gasteiger partial charge >= 0.3 is 0 Å². The number of aromatic hydroxyl groups is 1. The van der Waals surface area contributed by atoms with Crippen molar-refractivity contribution in [1.82, 2.24) is 4.98 Å². The first kappa shape index (κ1) is 17.8. The lowest BCUT2D eigenvalue weighted by atomic mass is 10.0. The minimum atomic E-state index is 0.0687. The number of fused-ring (bicyclic) bond motifs is 1. The molecule has 4 rings (SSSR count). The number of nitrogen functional groups attached to an aromatic ring is 1. The van der Waals surface area contributed by atoms with Crippen molar-refractivity contribution in [2.45, 2.75) is 6.61 Å². The van der Waals surface area contributed by atoms with Crippen molar-refractivity contribution in [3.8, 4) is 5.88 Å². The molecule has 1 aromatic heterocycles. The van der Waals surface area contributed by atoms with E-state index in [0.717, 1.165) is 27.7 Å². The van der Waals surface area contributed by atoms with Gasteiger partial charge in [0.25, 0.3) is 0 Å². The fraction of sp³-hybridized carbons (Fsp3) is 0.0870. The number of nitrogens with two attached hydrogens (primary N) is 1. The van der Waals surface area contributed by atoms with Crippen LogP contribution in [-0.4, -0.2) is 22.9 Å². The lowest BCUT2D eigenvalue weighted by molar-refractivity contribution is 0.185. The second-order valence-electron chi connectivity index (χ2n) is 6.58. The zero-order chi connectivity index (χ0) is 19.5. The summed E-state index contributed by atoms with van der Waals surface area (Å²) in [6.45, 7) is 0.554. The molecule has 0 aliphatic heterocycles. The molecule has 4 aromatic rings. The van der Waals surface area contributed by atoms with Gasteiger partial charge in [0.2, 0.25) is 0 Å². The fourth-order valence-electron chi connectivity index (χ4n) is 3.26. The smallest absolute Gasteiger partial charge is 0.199 e. The van der Waals surface area contributed by atoms with Crippen LogP contribution in [0.2, 0.25) is 0 Å². The first-order valence-electron chi connectivity index (χ1n) is 8.98. The Morgan fingerprint density at radius 1 is 1.04 bits per heavy atom. The summed E-state index contributed by atoms with van der Waals surface area (Å²) in [5, 5.41) is 11.5. The molecule has 0 amide bonds. The van der Waals surface area contributed by atoms with Crippen molar-refractivity contribution in [2.75, 3.05) is 12.8 Å². The number of nitrogens with zero attached hydrogens (tertiary/aromatic N) is 1. The molecule has 0 spiro atoms. The van der Waals surface area contributed by atoms with Crippen molar-refractivity contribution >= 4 is 28.0 Å². The van der Waals surface area contributed by atoms with Gasteiger partial charge in [0, 0.05) is 29.3 Å². The Morgan fingerprint density at radius 3 is 2.50 bits per heavy atom. The highest BCUT2D eigenvalue weighted by molar-refractivity contribution is 6.22. The lowest BCUT2D eigenvalue weighted by Crippen LogP contribution is -2.03. The van der Waals surface area contributed by atoms with Crippen LogP contribution in [0.1, 0.15) is 16.7 Å². The predicted octanol–water partition coefficient (Wildman–Crippen LogP) is 4.77. The number of anilines is 1. The summed E-state index contributed by atoms with van der Waals surface area (Å²) in [5.41, 5.74) is 11.5. The number of aliphatic imine (C=N–C) groups is 1. The third-order valence-electron chi connectivity index (χ3n) is 4.58. The Morgan fingerprint density at radius 2 is 1.79 bits per heavy atom. The maximum Gasteiger partial charge on any atom is 0.199 e. The molecular weight excluding hydrogens is 350 g/mol. The number of nitrogens with one attached hydrogen (secondary N) is 1. The first-order valence-corrected chi connectivity index (χ1v) is 8.98. The minimum Gasteiger partial charge on any atom is -0.494 e. The van der Waals surface area contributed by atoms with E-state index in [0.29, 0.717) is 23.6 Å². The quantitative estimate of drug-likeness (QED) is 0.349. The van der Waals surface area contributed by atoms with Crippen LogP contribution in [0.5, 0.6) is 5.88 Å². The number of ether oxygens (including phenoxy) is 1. The van der Waals surface area contributed by atoms with Crippen molar-refractivity contribution in [3.63, 3.8) is 0 Å². The molecule has 3 aromatic carbocycles. The summed E-state index contributed by atoms with van der Waals surface area (Å²) in [7, 11) is 1.67. The highest BCUT2D eigenvalue weighted by Gasteiger charge is 2.18. The van der Waals surface area contributed by atoms with Crippen molar-refractivity contribution in [2.24, 2.45) is 4.99 Å². The Bertz CT molecular complexity index is 1130. The highest BCUT2D eigenvalue weighted by Crippen LogP contribution is 2.32. The van der Waals surface area contributed by atoms with Crippen molar-refractivity contribution in [3.05, 3.63) is 89.5 Å². The van der Waals surface area contributed by atoms with Gasteiger partial charge in [-0.25, -0.2) is 4.99 Å². The number of hydrogen-bond donors (Lipinski definition) is 3. The summed E-state index contributed by atoms with van der Waals surface area (Å²) in [6, 6.07) is 23.2. The third-order valence-corrected chi connectivity index (χ3v) is 4.58. The summed E-state index contributed by atoms with van der Waals surface area (Å²) in [6.07, 6.45) is 0. The zero-order valence-electron chi connectivity index (χ0n) is 15.5. The second-order valence-corrected chi connectivity index (χ2v) is 6.58. The SMILES string of the molecule is COCc1ccc(N=C(c2ccccc2)c2c(O)[nH]c3ccc(N)cc23)cc1. The van der Waals surface area contributed by atoms with Gasteiger partial charge in [-0.15, -0.1) is 0 Å². The van der Waals surface area contributed by atoms with E-state index >= 15 is 0 Å². The van der Waals surface area contributed by atoms with E-state index in [1.54, 1.807) is 13.2 Å². The molecular formula is C23H21N3O2. The number of H-pyrrole nitrogens is 1. The molecule has 140 valence electrons. The zero-order valence-corrected chi connectivity index (χ0v) is 15.5. The fourth-order valence-corrected chi connectivity index (χ4v) is 3.26. The maximum absolute atomic E-state index is 10.7. The first-order chi connectivity index (χ1) is 13.7. The van der Waals surface area contributed by atoms with Gasteiger partial charge in [-0.1, -0.05) is 42.5 Å². The van der Waals surface area contributed by atoms with Gasteiger partial charge in [0.05, 0.1) is 23.6 Å². The van der Waals surface area contributed by atoms with Gasteiger partial charge < -0.3 is 20.6 Å². The van der Waals surface area contributed by atoms with Gasteiger partial charge in [-0.3, -0.25) is 0 Å². The Labute approximate surface area is 163 Å². The molecule has 0 fully saturated rings. The molecule has 1 heterocycles. The van der Waals surface area contributed by atoms with E-state index in [9.17, 15) is 5.11 Å². The van der Waals surface area contributed by atoms with Crippen LogP contribution in [-0.2, 0) is 11.3 Å². The molecule has 5 nitrogen and oxygen atoms in total. The van der Waals surface area contributed by atoms with Crippen LogP contribution in [0, 0.1) is 0 Å². The summed E-state index contributed by atoms with van der Waals surface area (Å²) < 4.78 is 5.17. The Balaban J connectivity index is 1.90. The van der Waals surface area contributed by atoms with Crippen molar-refractivity contribution in [1.29, 1.82) is 0 Å². The van der Waals surface area contributed by atoms with E-state index in [4.69, 9.17) is 15.5 Å². The molecule has 0 radical (unpaired) electrons. The Kier molecular flexibility index (Phi) is 4.83. The average Bonchev–Trinajstić information content (AvgIpc) is 3.03. The summed E-state index contributed by atoms with van der Waals surface area (Å²) >= 11 is 0. The van der Waals surface area contributed by atoms with Crippen LogP contribution in [0.3, 0.4) is 0 Å². The number of benzene rings is 3. The van der Waals surface area contributed by atoms with Crippen LogP contribution in [0.15, 0.2) is 77.8 Å². The molecule has 0 unspecified atom stereocenters. The highest BCUT2D eigenvalue weighted by atomic mass is 16.5. The topological polar surface area (TPSA) is 83.6 Å². The monoisotopic (exact) mass is 371 g/mol. The van der Waals surface area contributed by atoms with Gasteiger partial charge in [0.15, 0.2) is 5.88 Å². The van der Waals surface area contributed by atoms with Gasteiger partial charge in [-0.2, -0.15) is 0 Å². The van der Waals surface area contributed by atoms with Crippen LogP contribution in [0.4, 0.5) is 11.4 Å². The maximum atomic E-state index is 10.7. The molecule has 5 heteroatoms.